The van der Waals surface area contributed by atoms with Gasteiger partial charge in [-0.05, 0) is 18.9 Å². The quantitative estimate of drug-likeness (QED) is 0.878. The van der Waals surface area contributed by atoms with E-state index in [9.17, 15) is 0 Å². The molecule has 1 aromatic heterocycles. The summed E-state index contributed by atoms with van der Waals surface area (Å²) in [6.07, 6.45) is 2.40. The van der Waals surface area contributed by atoms with Crippen LogP contribution in [-0.2, 0) is 4.74 Å². The monoisotopic (exact) mass is 261 g/mol. The third-order valence-electron chi connectivity index (χ3n) is 2.48. The van der Waals surface area contributed by atoms with E-state index in [1.54, 1.807) is 6.07 Å². The molecule has 1 aliphatic rings. The number of nitrogen functional groups attached to an aromatic ring is 1. The van der Waals surface area contributed by atoms with E-state index in [4.69, 9.17) is 33.7 Å². The van der Waals surface area contributed by atoms with E-state index in [-0.39, 0.29) is 11.9 Å². The van der Waals surface area contributed by atoms with Gasteiger partial charge in [-0.2, -0.15) is 0 Å². The lowest BCUT2D eigenvalue weighted by Gasteiger charge is -2.12. The zero-order valence-electron chi connectivity index (χ0n) is 8.67. The molecule has 0 spiro atoms. The Labute approximate surface area is 104 Å². The van der Waals surface area contributed by atoms with Gasteiger partial charge in [-0.15, -0.1) is 0 Å². The van der Waals surface area contributed by atoms with E-state index in [0.29, 0.717) is 22.4 Å². The van der Waals surface area contributed by atoms with Gasteiger partial charge in [-0.25, -0.2) is 4.98 Å². The normalized spacial score (nSPS) is 20.0. The zero-order chi connectivity index (χ0) is 11.5. The number of hydrogen-bond donors (Lipinski definition) is 2. The Balaban J connectivity index is 2.00. The first-order valence-corrected chi connectivity index (χ1v) is 5.89. The second kappa shape index (κ2) is 5.08. The molecule has 1 unspecified atom stereocenters. The van der Waals surface area contributed by atoms with E-state index in [0.717, 1.165) is 19.4 Å². The van der Waals surface area contributed by atoms with E-state index < -0.39 is 0 Å². The fourth-order valence-corrected chi connectivity index (χ4v) is 2.05. The van der Waals surface area contributed by atoms with Gasteiger partial charge >= 0.3 is 0 Å². The first-order chi connectivity index (χ1) is 7.66. The van der Waals surface area contributed by atoms with Crippen molar-refractivity contribution in [2.75, 3.05) is 24.2 Å². The smallest absolute Gasteiger partial charge is 0.147 e. The Hall–Kier alpha value is -0.710. The summed E-state index contributed by atoms with van der Waals surface area (Å²) < 4.78 is 5.48. The molecule has 4 nitrogen and oxygen atoms in total. The van der Waals surface area contributed by atoms with E-state index in [2.05, 4.69) is 10.3 Å². The predicted molar refractivity (Wildman–Crippen MR) is 66.1 cm³/mol. The third kappa shape index (κ3) is 2.70. The van der Waals surface area contributed by atoms with Crippen molar-refractivity contribution in [3.8, 4) is 0 Å². The summed E-state index contributed by atoms with van der Waals surface area (Å²) in [5, 5.41) is 3.95. The Morgan fingerprint density at radius 2 is 2.31 bits per heavy atom. The minimum atomic E-state index is 0.231. The Bertz CT molecular complexity index is 381. The maximum absolute atomic E-state index is 5.98. The van der Waals surface area contributed by atoms with Crippen LogP contribution in [0.15, 0.2) is 6.07 Å². The highest BCUT2D eigenvalue weighted by molar-refractivity contribution is 6.37. The number of nitrogens with two attached hydrogens (primary N) is 1. The molecular weight excluding hydrogens is 249 g/mol. The van der Waals surface area contributed by atoms with Crippen LogP contribution in [0, 0.1) is 0 Å². The molecule has 0 amide bonds. The van der Waals surface area contributed by atoms with Crippen LogP contribution in [0.3, 0.4) is 0 Å². The fourth-order valence-electron chi connectivity index (χ4n) is 1.62. The van der Waals surface area contributed by atoms with Gasteiger partial charge in [-0.1, -0.05) is 23.2 Å². The molecule has 0 saturated carbocycles. The Kier molecular flexibility index (Phi) is 3.74. The summed E-state index contributed by atoms with van der Waals surface area (Å²) in [7, 11) is 0. The summed E-state index contributed by atoms with van der Waals surface area (Å²) in [5.74, 6) is 0.833. The summed E-state index contributed by atoms with van der Waals surface area (Å²) in [6, 6.07) is 1.59. The van der Waals surface area contributed by atoms with Gasteiger partial charge in [0.2, 0.25) is 0 Å². The van der Waals surface area contributed by atoms with Crippen molar-refractivity contribution in [3.63, 3.8) is 0 Å². The second-order valence-corrected chi connectivity index (χ2v) is 4.52. The van der Waals surface area contributed by atoms with Crippen LogP contribution in [0.5, 0.6) is 0 Å². The van der Waals surface area contributed by atoms with Crippen molar-refractivity contribution < 1.29 is 4.74 Å². The number of nitrogens with one attached hydrogen (secondary N) is 1. The van der Waals surface area contributed by atoms with Crippen LogP contribution >= 0.6 is 23.2 Å². The summed E-state index contributed by atoms with van der Waals surface area (Å²) in [6.45, 7) is 1.52. The van der Waals surface area contributed by atoms with Crippen molar-refractivity contribution >= 4 is 34.8 Å². The fraction of sp³-hybridized carbons (Fsp3) is 0.500. The Morgan fingerprint density at radius 3 is 3.00 bits per heavy atom. The van der Waals surface area contributed by atoms with Crippen LogP contribution < -0.4 is 11.1 Å². The molecule has 1 fully saturated rings. The topological polar surface area (TPSA) is 60.2 Å². The number of halogens is 2. The highest BCUT2D eigenvalue weighted by atomic mass is 35.5. The molecule has 0 aromatic carbocycles. The molecule has 1 aliphatic heterocycles. The van der Waals surface area contributed by atoms with Crippen molar-refractivity contribution in [1.29, 1.82) is 0 Å². The standard InChI is InChI=1S/C10H13Cl2N3O/c11-7-4-8(12)10(15-9(7)13)14-5-6-2-1-3-16-6/h4,6H,1-3,5H2,(H3,13,14,15). The highest BCUT2D eigenvalue weighted by Gasteiger charge is 2.16. The first-order valence-electron chi connectivity index (χ1n) is 5.14. The molecule has 88 valence electrons. The lowest BCUT2D eigenvalue weighted by atomic mass is 10.2. The molecule has 6 heteroatoms. The van der Waals surface area contributed by atoms with Crippen molar-refractivity contribution in [2.24, 2.45) is 0 Å². The lowest BCUT2D eigenvalue weighted by Crippen LogP contribution is -2.19. The summed E-state index contributed by atoms with van der Waals surface area (Å²) in [4.78, 5) is 4.08. The number of pyridine rings is 1. The van der Waals surface area contributed by atoms with Crippen LogP contribution in [0.2, 0.25) is 10.0 Å². The minimum absolute atomic E-state index is 0.231. The van der Waals surface area contributed by atoms with E-state index in [1.807, 2.05) is 0 Å². The number of ether oxygens (including phenoxy) is 1. The summed E-state index contributed by atoms with van der Waals surface area (Å²) >= 11 is 11.8. The molecule has 1 atom stereocenters. The van der Waals surface area contributed by atoms with Gasteiger partial charge in [0.1, 0.15) is 11.6 Å². The third-order valence-corrected chi connectivity index (χ3v) is 3.07. The number of aromatic nitrogens is 1. The largest absolute Gasteiger partial charge is 0.382 e. The highest BCUT2D eigenvalue weighted by Crippen LogP contribution is 2.27. The van der Waals surface area contributed by atoms with Crippen molar-refractivity contribution in [1.82, 2.24) is 4.98 Å². The number of hydrogen-bond acceptors (Lipinski definition) is 4. The van der Waals surface area contributed by atoms with Crippen LogP contribution in [0.1, 0.15) is 12.8 Å². The lowest BCUT2D eigenvalue weighted by molar-refractivity contribution is 0.120. The molecule has 0 bridgehead atoms. The average molecular weight is 262 g/mol. The number of nitrogens with zero attached hydrogens (tertiary/aromatic N) is 1. The molecule has 16 heavy (non-hydrogen) atoms. The zero-order valence-corrected chi connectivity index (χ0v) is 10.2. The van der Waals surface area contributed by atoms with Gasteiger partial charge in [0, 0.05) is 13.2 Å². The molecule has 2 heterocycles. The molecule has 0 aliphatic carbocycles. The summed E-state index contributed by atoms with van der Waals surface area (Å²) in [5.41, 5.74) is 5.60. The maximum Gasteiger partial charge on any atom is 0.147 e. The molecule has 0 radical (unpaired) electrons. The van der Waals surface area contributed by atoms with Crippen molar-refractivity contribution in [2.45, 2.75) is 18.9 Å². The van der Waals surface area contributed by atoms with E-state index in [1.165, 1.54) is 0 Å². The van der Waals surface area contributed by atoms with Crippen LogP contribution in [0.25, 0.3) is 0 Å². The van der Waals surface area contributed by atoms with Gasteiger partial charge in [-0.3, -0.25) is 0 Å². The van der Waals surface area contributed by atoms with Crippen LogP contribution in [-0.4, -0.2) is 24.2 Å². The minimum Gasteiger partial charge on any atom is -0.382 e. The molecule has 1 aromatic rings. The molecule has 1 saturated heterocycles. The first kappa shape index (κ1) is 11.8. The SMILES string of the molecule is Nc1nc(NCC2CCCO2)c(Cl)cc1Cl. The van der Waals surface area contributed by atoms with Gasteiger partial charge in [0.05, 0.1) is 16.1 Å². The maximum atomic E-state index is 5.98. The van der Waals surface area contributed by atoms with Crippen LogP contribution in [0.4, 0.5) is 11.6 Å². The second-order valence-electron chi connectivity index (χ2n) is 3.70. The predicted octanol–water partition coefficient (Wildman–Crippen LogP) is 2.56. The number of anilines is 2. The average Bonchev–Trinajstić information content (AvgIpc) is 2.74. The van der Waals surface area contributed by atoms with E-state index >= 15 is 0 Å². The van der Waals surface area contributed by atoms with Gasteiger partial charge in [0.25, 0.3) is 0 Å². The van der Waals surface area contributed by atoms with Crippen molar-refractivity contribution in [3.05, 3.63) is 16.1 Å². The molecule has 2 rings (SSSR count). The molecule has 3 N–H and O–H groups in total. The molecular formula is C10H13Cl2N3O. The Morgan fingerprint density at radius 1 is 1.50 bits per heavy atom. The van der Waals surface area contributed by atoms with Gasteiger partial charge in [0.15, 0.2) is 0 Å². The van der Waals surface area contributed by atoms with Gasteiger partial charge < -0.3 is 15.8 Å². The number of rotatable bonds is 3.